The molecule has 0 heterocycles. The van der Waals surface area contributed by atoms with Gasteiger partial charge < -0.3 is 9.84 Å². The molecule has 0 radical (unpaired) electrons. The molecule has 4 atom stereocenters. The molecule has 4 unspecified atom stereocenters. The van der Waals surface area contributed by atoms with Gasteiger partial charge in [0.2, 0.25) is 0 Å². The van der Waals surface area contributed by atoms with Crippen LogP contribution in [0.5, 0.6) is 0 Å². The third-order valence-corrected chi connectivity index (χ3v) is 3.55. The quantitative estimate of drug-likeness (QED) is 0.758. The molecule has 1 aliphatic carbocycles. The van der Waals surface area contributed by atoms with E-state index in [1.807, 2.05) is 6.92 Å². The van der Waals surface area contributed by atoms with Gasteiger partial charge in [0, 0.05) is 7.11 Å². The summed E-state index contributed by atoms with van der Waals surface area (Å²) in [4.78, 5) is 0. The van der Waals surface area contributed by atoms with Crippen LogP contribution >= 0.6 is 0 Å². The zero-order chi connectivity index (χ0) is 10.7. The van der Waals surface area contributed by atoms with Gasteiger partial charge in [0.05, 0.1) is 12.2 Å². The fraction of sp³-hybridized carbons (Fsp3) is 1.00. The number of methoxy groups -OCH3 is 1. The van der Waals surface area contributed by atoms with Crippen molar-refractivity contribution < 1.29 is 9.84 Å². The molecule has 14 heavy (non-hydrogen) atoms. The molecular weight excluding hydrogens is 176 g/mol. The smallest absolute Gasteiger partial charge is 0.0827 e. The maximum atomic E-state index is 10.1. The Morgan fingerprint density at radius 1 is 1.14 bits per heavy atom. The molecule has 2 nitrogen and oxygen atoms in total. The molecule has 1 saturated carbocycles. The Labute approximate surface area is 87.7 Å². The lowest BCUT2D eigenvalue weighted by atomic mass is 9.74. The first kappa shape index (κ1) is 12.0. The average Bonchev–Trinajstić information content (AvgIpc) is 2.14. The summed E-state index contributed by atoms with van der Waals surface area (Å²) in [6, 6.07) is 0. The predicted octanol–water partition coefficient (Wildman–Crippen LogP) is 2.45. The molecule has 0 bridgehead atoms. The Morgan fingerprint density at radius 3 is 2.07 bits per heavy atom. The first-order valence-corrected chi connectivity index (χ1v) is 5.75. The van der Waals surface area contributed by atoms with Crippen LogP contribution in [0.3, 0.4) is 0 Å². The van der Waals surface area contributed by atoms with E-state index in [4.69, 9.17) is 4.74 Å². The fourth-order valence-corrected chi connectivity index (χ4v) is 2.81. The van der Waals surface area contributed by atoms with Gasteiger partial charge in [-0.2, -0.15) is 0 Å². The molecule has 1 fully saturated rings. The highest BCUT2D eigenvalue weighted by Gasteiger charge is 2.31. The van der Waals surface area contributed by atoms with Gasteiger partial charge in [-0.05, 0) is 43.9 Å². The molecule has 1 aliphatic rings. The van der Waals surface area contributed by atoms with Gasteiger partial charge in [-0.15, -0.1) is 0 Å². The topological polar surface area (TPSA) is 29.5 Å². The number of hydrogen-bond acceptors (Lipinski definition) is 2. The van der Waals surface area contributed by atoms with E-state index in [0.29, 0.717) is 5.92 Å². The van der Waals surface area contributed by atoms with Crippen molar-refractivity contribution in [2.45, 2.75) is 52.2 Å². The van der Waals surface area contributed by atoms with Gasteiger partial charge in [0.1, 0.15) is 0 Å². The van der Waals surface area contributed by atoms with Gasteiger partial charge in [-0.25, -0.2) is 0 Å². The summed E-state index contributed by atoms with van der Waals surface area (Å²) >= 11 is 0. The van der Waals surface area contributed by atoms with Gasteiger partial charge in [0.25, 0.3) is 0 Å². The standard InChI is InChI=1S/C12H24O2/c1-8-5-9(2)7-11(6-8)12(13)10(3)14-4/h8-13H,5-7H2,1-4H3. The highest BCUT2D eigenvalue weighted by Crippen LogP contribution is 2.35. The minimum Gasteiger partial charge on any atom is -0.390 e. The molecule has 0 amide bonds. The normalized spacial score (nSPS) is 37.9. The monoisotopic (exact) mass is 200 g/mol. The van der Waals surface area contributed by atoms with Gasteiger partial charge in [-0.1, -0.05) is 13.8 Å². The van der Waals surface area contributed by atoms with Crippen LogP contribution in [0.15, 0.2) is 0 Å². The third kappa shape index (κ3) is 2.96. The Morgan fingerprint density at radius 2 is 1.64 bits per heavy atom. The first-order valence-electron chi connectivity index (χ1n) is 5.75. The van der Waals surface area contributed by atoms with Crippen molar-refractivity contribution in [3.8, 4) is 0 Å². The van der Waals surface area contributed by atoms with Gasteiger partial charge >= 0.3 is 0 Å². The molecule has 0 aromatic rings. The number of hydrogen-bond donors (Lipinski definition) is 1. The van der Waals surface area contributed by atoms with Crippen molar-refractivity contribution in [2.75, 3.05) is 7.11 Å². The minimum atomic E-state index is -0.287. The molecule has 0 aliphatic heterocycles. The third-order valence-electron chi connectivity index (χ3n) is 3.55. The Bertz CT molecular complexity index is 160. The zero-order valence-corrected chi connectivity index (χ0v) is 9.86. The summed E-state index contributed by atoms with van der Waals surface area (Å²) in [5.41, 5.74) is 0. The van der Waals surface area contributed by atoms with Crippen LogP contribution in [0.4, 0.5) is 0 Å². The number of aliphatic hydroxyl groups is 1. The predicted molar refractivity (Wildman–Crippen MR) is 58.1 cm³/mol. The van der Waals surface area contributed by atoms with E-state index in [2.05, 4.69) is 13.8 Å². The van der Waals surface area contributed by atoms with E-state index >= 15 is 0 Å². The van der Waals surface area contributed by atoms with Crippen LogP contribution in [-0.2, 0) is 4.74 Å². The van der Waals surface area contributed by atoms with Gasteiger partial charge in [-0.3, -0.25) is 0 Å². The summed E-state index contributed by atoms with van der Waals surface area (Å²) in [5, 5.41) is 10.1. The maximum Gasteiger partial charge on any atom is 0.0827 e. The van der Waals surface area contributed by atoms with E-state index in [0.717, 1.165) is 24.7 Å². The zero-order valence-electron chi connectivity index (χ0n) is 9.86. The Balaban J connectivity index is 2.50. The molecule has 0 saturated heterocycles. The van der Waals surface area contributed by atoms with Crippen LogP contribution in [0.25, 0.3) is 0 Å². The molecule has 0 aromatic carbocycles. The lowest BCUT2D eigenvalue weighted by Gasteiger charge is -2.36. The minimum absolute atomic E-state index is 0.0301. The number of ether oxygens (including phenoxy) is 1. The molecule has 0 aromatic heterocycles. The van der Waals surface area contributed by atoms with E-state index in [1.165, 1.54) is 6.42 Å². The lowest BCUT2D eigenvalue weighted by Crippen LogP contribution is -2.37. The SMILES string of the molecule is COC(C)C(O)C1CC(C)CC(C)C1. The van der Waals surface area contributed by atoms with E-state index < -0.39 is 0 Å². The molecule has 0 spiro atoms. The highest BCUT2D eigenvalue weighted by atomic mass is 16.5. The summed E-state index contributed by atoms with van der Waals surface area (Å²) in [5.74, 6) is 1.94. The Hall–Kier alpha value is -0.0800. The van der Waals surface area contributed by atoms with E-state index in [9.17, 15) is 5.11 Å². The maximum absolute atomic E-state index is 10.1. The summed E-state index contributed by atoms with van der Waals surface area (Å²) in [7, 11) is 1.67. The lowest BCUT2D eigenvalue weighted by molar-refractivity contribution is -0.0494. The summed E-state index contributed by atoms with van der Waals surface area (Å²) in [6.07, 6.45) is 3.30. The van der Waals surface area contributed by atoms with Crippen molar-refractivity contribution >= 4 is 0 Å². The van der Waals surface area contributed by atoms with E-state index in [1.54, 1.807) is 7.11 Å². The van der Waals surface area contributed by atoms with Crippen LogP contribution in [0, 0.1) is 17.8 Å². The van der Waals surface area contributed by atoms with E-state index in [-0.39, 0.29) is 12.2 Å². The second kappa shape index (κ2) is 5.13. The summed E-state index contributed by atoms with van der Waals surface area (Å²) in [6.45, 7) is 6.52. The number of aliphatic hydroxyl groups excluding tert-OH is 1. The van der Waals surface area contributed by atoms with Crippen molar-refractivity contribution in [3.05, 3.63) is 0 Å². The average molecular weight is 200 g/mol. The molecule has 84 valence electrons. The second-order valence-electron chi connectivity index (χ2n) is 5.11. The van der Waals surface area contributed by atoms with Crippen LogP contribution in [0.1, 0.15) is 40.0 Å². The Kier molecular flexibility index (Phi) is 4.39. The van der Waals surface area contributed by atoms with Crippen LogP contribution in [-0.4, -0.2) is 24.4 Å². The van der Waals surface area contributed by atoms with Crippen molar-refractivity contribution in [2.24, 2.45) is 17.8 Å². The molecule has 1 N–H and O–H groups in total. The molecule has 1 rings (SSSR count). The van der Waals surface area contributed by atoms with Crippen LogP contribution < -0.4 is 0 Å². The largest absolute Gasteiger partial charge is 0.390 e. The molecular formula is C12H24O2. The van der Waals surface area contributed by atoms with Gasteiger partial charge in [0.15, 0.2) is 0 Å². The van der Waals surface area contributed by atoms with Crippen molar-refractivity contribution in [1.29, 1.82) is 0 Å². The fourth-order valence-electron chi connectivity index (χ4n) is 2.81. The number of rotatable bonds is 3. The molecule has 2 heteroatoms. The van der Waals surface area contributed by atoms with Crippen molar-refractivity contribution in [1.82, 2.24) is 0 Å². The first-order chi connectivity index (χ1) is 6.54. The summed E-state index contributed by atoms with van der Waals surface area (Å²) < 4.78 is 5.19. The van der Waals surface area contributed by atoms with Crippen molar-refractivity contribution in [3.63, 3.8) is 0 Å². The van der Waals surface area contributed by atoms with Crippen LogP contribution in [0.2, 0.25) is 0 Å². The highest BCUT2D eigenvalue weighted by molar-refractivity contribution is 4.82. The second-order valence-corrected chi connectivity index (χ2v) is 5.11.